The summed E-state index contributed by atoms with van der Waals surface area (Å²) in [5.74, 6) is 0.750. The van der Waals surface area contributed by atoms with Crippen LogP contribution in [0.5, 0.6) is 0 Å². The van der Waals surface area contributed by atoms with Gasteiger partial charge in [-0.3, -0.25) is 9.69 Å². The monoisotopic (exact) mass is 669 g/mol. The number of carbonyl (C=O) groups excluding carboxylic acids is 1. The van der Waals surface area contributed by atoms with Crippen LogP contribution in [0.4, 0.5) is 26.3 Å². The fourth-order valence-corrected chi connectivity index (χ4v) is 6.54. The topological polar surface area (TPSA) is 69.7 Å². The second-order valence-electron chi connectivity index (χ2n) is 12.0. The lowest BCUT2D eigenvalue weighted by Crippen LogP contribution is -2.49. The minimum atomic E-state index is -4.56. The molecule has 1 aliphatic heterocycles. The molecule has 0 unspecified atom stereocenters. The number of halogens is 7. The first-order valence-electron chi connectivity index (χ1n) is 15.3. The van der Waals surface area contributed by atoms with Crippen LogP contribution >= 0.6 is 11.6 Å². The molecule has 1 saturated heterocycles. The molecule has 0 bridgehead atoms. The number of benzene rings is 2. The van der Waals surface area contributed by atoms with Gasteiger partial charge >= 0.3 is 12.4 Å². The molecule has 1 aliphatic carbocycles. The smallest absolute Gasteiger partial charge is 0.417 e. The molecule has 46 heavy (non-hydrogen) atoms. The highest BCUT2D eigenvalue weighted by atomic mass is 35.5. The van der Waals surface area contributed by atoms with Gasteiger partial charge in [-0.1, -0.05) is 24.1 Å². The van der Waals surface area contributed by atoms with Gasteiger partial charge in [0.05, 0.1) is 40.4 Å². The molecule has 0 atom stereocenters. The number of amides is 1. The Labute approximate surface area is 267 Å². The number of fused-ring (bicyclic) bond motifs is 1. The van der Waals surface area contributed by atoms with Crippen LogP contribution in [0.2, 0.25) is 5.02 Å². The van der Waals surface area contributed by atoms with E-state index in [0.717, 1.165) is 56.7 Å². The quantitative estimate of drug-likeness (QED) is 0.215. The van der Waals surface area contributed by atoms with Crippen LogP contribution in [-0.4, -0.2) is 54.6 Å². The van der Waals surface area contributed by atoms with E-state index in [4.69, 9.17) is 26.0 Å². The van der Waals surface area contributed by atoms with Crippen molar-refractivity contribution in [2.24, 2.45) is 5.92 Å². The average molecular weight is 670 g/mol. The van der Waals surface area contributed by atoms with Crippen molar-refractivity contribution in [2.75, 3.05) is 32.8 Å². The van der Waals surface area contributed by atoms with E-state index in [9.17, 15) is 31.1 Å². The highest BCUT2D eigenvalue weighted by Crippen LogP contribution is 2.37. The third-order valence-electron chi connectivity index (χ3n) is 8.94. The number of ether oxygens (including phenoxy) is 1. The Balaban J connectivity index is 0.997. The zero-order valence-electron chi connectivity index (χ0n) is 25.0. The molecule has 248 valence electrons. The van der Waals surface area contributed by atoms with Gasteiger partial charge in [-0.05, 0) is 80.3 Å². The number of nitrogens with zero attached hydrogens (tertiary/aromatic N) is 3. The SMILES string of the molecule is N#Cc1ccc(CCCC2CCC(OCC(=O)N3CCN(Cc4oc5ccc(C(F)(F)F)cc5c4Cl)CC3)CC2)cc1C(F)(F)F. The van der Waals surface area contributed by atoms with E-state index in [1.165, 1.54) is 12.1 Å². The number of carbonyl (C=O) groups is 1. The number of hydrogen-bond acceptors (Lipinski definition) is 5. The van der Waals surface area contributed by atoms with E-state index in [1.54, 1.807) is 17.0 Å². The Bertz CT molecular complexity index is 1570. The molecule has 0 N–H and O–H groups in total. The summed E-state index contributed by atoms with van der Waals surface area (Å²) in [7, 11) is 0. The Kier molecular flexibility index (Phi) is 10.5. The molecular weight excluding hydrogens is 636 g/mol. The second kappa shape index (κ2) is 14.2. The van der Waals surface area contributed by atoms with E-state index in [-0.39, 0.29) is 34.6 Å². The predicted molar refractivity (Wildman–Crippen MR) is 159 cm³/mol. The summed E-state index contributed by atoms with van der Waals surface area (Å²) < 4.78 is 90.6. The molecule has 2 aliphatic rings. The number of nitriles is 1. The Morgan fingerprint density at radius 2 is 1.70 bits per heavy atom. The van der Waals surface area contributed by atoms with Crippen molar-refractivity contribution >= 4 is 28.5 Å². The van der Waals surface area contributed by atoms with Crippen molar-refractivity contribution < 1.29 is 40.3 Å². The van der Waals surface area contributed by atoms with Crippen molar-refractivity contribution in [1.82, 2.24) is 9.80 Å². The summed E-state index contributed by atoms with van der Waals surface area (Å²) in [4.78, 5) is 16.6. The maximum atomic E-state index is 13.2. The van der Waals surface area contributed by atoms with Gasteiger partial charge in [0.25, 0.3) is 0 Å². The van der Waals surface area contributed by atoms with Crippen molar-refractivity contribution in [1.29, 1.82) is 5.26 Å². The summed E-state index contributed by atoms with van der Waals surface area (Å²) in [5.41, 5.74) is -1.18. The first-order chi connectivity index (χ1) is 21.8. The molecule has 1 amide bonds. The first kappa shape index (κ1) is 34.1. The lowest BCUT2D eigenvalue weighted by Gasteiger charge is -2.35. The summed E-state index contributed by atoms with van der Waals surface area (Å²) >= 11 is 6.37. The van der Waals surface area contributed by atoms with Gasteiger partial charge < -0.3 is 14.1 Å². The van der Waals surface area contributed by atoms with E-state index in [1.807, 2.05) is 4.90 Å². The minimum Gasteiger partial charge on any atom is -0.458 e. The molecule has 1 saturated carbocycles. The van der Waals surface area contributed by atoms with Gasteiger partial charge in [0.2, 0.25) is 5.91 Å². The molecule has 13 heteroatoms. The largest absolute Gasteiger partial charge is 0.458 e. The molecule has 1 aromatic heterocycles. The first-order valence-corrected chi connectivity index (χ1v) is 15.7. The molecule has 6 nitrogen and oxygen atoms in total. The Morgan fingerprint density at radius 3 is 2.35 bits per heavy atom. The van der Waals surface area contributed by atoms with Crippen molar-refractivity contribution in [3.05, 3.63) is 69.4 Å². The van der Waals surface area contributed by atoms with E-state index < -0.39 is 23.5 Å². The lowest BCUT2D eigenvalue weighted by molar-refractivity contribution is -0.141. The molecule has 0 spiro atoms. The number of piperazine rings is 1. The lowest BCUT2D eigenvalue weighted by atomic mass is 9.84. The van der Waals surface area contributed by atoms with E-state index in [0.29, 0.717) is 62.0 Å². The Hall–Kier alpha value is -3.27. The van der Waals surface area contributed by atoms with Crippen LogP contribution in [0.1, 0.15) is 66.5 Å². The summed E-state index contributed by atoms with van der Waals surface area (Å²) in [6, 6.07) is 8.74. The maximum Gasteiger partial charge on any atom is 0.417 e. The molecular formula is C33H34ClF6N3O3. The van der Waals surface area contributed by atoms with E-state index >= 15 is 0 Å². The van der Waals surface area contributed by atoms with Crippen LogP contribution in [0, 0.1) is 17.2 Å². The van der Waals surface area contributed by atoms with Crippen molar-refractivity contribution in [3.8, 4) is 6.07 Å². The summed E-state index contributed by atoms with van der Waals surface area (Å²) in [6.45, 7) is 2.38. The fraction of sp³-hybridized carbons (Fsp3) is 0.515. The van der Waals surface area contributed by atoms with Crippen LogP contribution in [0.25, 0.3) is 11.0 Å². The maximum absolute atomic E-state index is 13.2. The molecule has 3 aromatic rings. The third-order valence-corrected chi connectivity index (χ3v) is 9.35. The van der Waals surface area contributed by atoms with Gasteiger partial charge in [-0.15, -0.1) is 0 Å². The van der Waals surface area contributed by atoms with Gasteiger partial charge in [0.1, 0.15) is 18.0 Å². The summed E-state index contributed by atoms with van der Waals surface area (Å²) in [6.07, 6.45) is -3.37. The average Bonchev–Trinajstić information content (AvgIpc) is 3.34. The number of furan rings is 1. The van der Waals surface area contributed by atoms with Gasteiger partial charge in [0.15, 0.2) is 0 Å². The molecule has 0 radical (unpaired) electrons. The molecule has 2 fully saturated rings. The van der Waals surface area contributed by atoms with Crippen molar-refractivity contribution in [3.63, 3.8) is 0 Å². The number of aryl methyl sites for hydroxylation is 1. The van der Waals surface area contributed by atoms with Gasteiger partial charge in [-0.2, -0.15) is 31.6 Å². The number of alkyl halides is 6. The van der Waals surface area contributed by atoms with E-state index in [2.05, 4.69) is 0 Å². The normalized spacial score (nSPS) is 19.8. The van der Waals surface area contributed by atoms with Gasteiger partial charge in [0, 0.05) is 31.6 Å². The highest BCUT2D eigenvalue weighted by Gasteiger charge is 2.34. The van der Waals surface area contributed by atoms with Crippen LogP contribution in [0.3, 0.4) is 0 Å². The molecule has 2 heterocycles. The van der Waals surface area contributed by atoms with Crippen LogP contribution in [-0.2, 0) is 34.8 Å². The third kappa shape index (κ3) is 8.35. The molecule has 2 aromatic carbocycles. The number of rotatable bonds is 9. The number of hydrogen-bond donors (Lipinski definition) is 0. The molecule has 5 rings (SSSR count). The zero-order valence-corrected chi connectivity index (χ0v) is 25.8. The Morgan fingerprint density at radius 1 is 0.978 bits per heavy atom. The minimum absolute atomic E-state index is 0.00744. The zero-order chi connectivity index (χ0) is 33.1. The highest BCUT2D eigenvalue weighted by molar-refractivity contribution is 6.36. The second-order valence-corrected chi connectivity index (χ2v) is 12.4. The summed E-state index contributed by atoms with van der Waals surface area (Å²) in [5, 5.41) is 9.35. The van der Waals surface area contributed by atoms with Crippen molar-refractivity contribution in [2.45, 2.75) is 69.9 Å². The van der Waals surface area contributed by atoms with Gasteiger partial charge in [-0.25, -0.2) is 0 Å². The fourth-order valence-electron chi connectivity index (χ4n) is 6.30. The predicted octanol–water partition coefficient (Wildman–Crippen LogP) is 8.24. The standard InChI is InChI=1S/C33H34ClF6N3O3/c34-31-26-17-24(32(35,36)37)8-11-28(26)46-29(31)19-42-12-14-43(15-13-42)30(44)20-45-25-9-5-21(6-10-25)2-1-3-22-4-7-23(18-41)27(16-22)33(38,39)40/h4,7-8,11,16-17,21,25H,1-3,5-6,9-10,12-15,19-20H2. The van der Waals surface area contributed by atoms with Crippen LogP contribution < -0.4 is 0 Å². The van der Waals surface area contributed by atoms with Crippen LogP contribution in [0.15, 0.2) is 40.8 Å².